The molecule has 1 aliphatic heterocycles. The van der Waals surface area contributed by atoms with Gasteiger partial charge in [0.25, 0.3) is 5.91 Å². The highest BCUT2D eigenvalue weighted by Crippen LogP contribution is 2.29. The Balaban J connectivity index is 2.10. The lowest BCUT2D eigenvalue weighted by Crippen LogP contribution is -2.40. The van der Waals surface area contributed by atoms with Crippen LogP contribution in [0.15, 0.2) is 22.9 Å². The van der Waals surface area contributed by atoms with Crippen molar-refractivity contribution >= 4 is 33.0 Å². The number of nitrogens with zero attached hydrogens (tertiary/aromatic N) is 2. The number of carbonyl (C=O) groups is 1. The largest absolute Gasteiger partial charge is 0.375 e. The Bertz CT molecular complexity index is 714. The van der Waals surface area contributed by atoms with Crippen LogP contribution < -0.4 is 16.4 Å². The predicted molar refractivity (Wildman–Crippen MR) is 81.2 cm³/mol. The van der Waals surface area contributed by atoms with E-state index >= 15 is 0 Å². The Morgan fingerprint density at radius 2 is 2.48 bits per heavy atom. The molecule has 112 valence electrons. The van der Waals surface area contributed by atoms with Gasteiger partial charge in [0.05, 0.1) is 29.0 Å². The van der Waals surface area contributed by atoms with Crippen LogP contribution in [0, 0.1) is 0 Å². The molecule has 1 fully saturated rings. The van der Waals surface area contributed by atoms with Gasteiger partial charge in [0.2, 0.25) is 0 Å². The second-order valence-corrected chi connectivity index (χ2v) is 6.31. The van der Waals surface area contributed by atoms with Gasteiger partial charge in [-0.2, -0.15) is 5.10 Å². The molecule has 1 amide bonds. The number of alkyl halides is 1. The lowest BCUT2D eigenvalue weighted by Gasteiger charge is -2.25. The number of rotatable bonds is 3. The summed E-state index contributed by atoms with van der Waals surface area (Å²) in [4.78, 5) is 11.6. The Kier molecular flexibility index (Phi) is 3.37. The fourth-order valence-corrected chi connectivity index (χ4v) is 2.95. The van der Waals surface area contributed by atoms with Gasteiger partial charge in [-0.3, -0.25) is 4.79 Å². The molecule has 0 aliphatic carbocycles. The molecule has 2 atom stereocenters. The first kappa shape index (κ1) is 14.3. The van der Waals surface area contributed by atoms with Gasteiger partial charge in [0, 0.05) is 23.8 Å². The van der Waals surface area contributed by atoms with Gasteiger partial charge in [-0.25, -0.2) is 8.91 Å². The summed E-state index contributed by atoms with van der Waals surface area (Å²) in [6.07, 6.45) is 3.15. The normalized spacial score (nSPS) is 25.4. The summed E-state index contributed by atoms with van der Waals surface area (Å²) < 4.78 is 16.8. The summed E-state index contributed by atoms with van der Waals surface area (Å²) in [6, 6.07) is 1.36. The summed E-state index contributed by atoms with van der Waals surface area (Å²) in [6.45, 7) is 2.27. The molecule has 0 saturated carbocycles. The first-order valence-corrected chi connectivity index (χ1v) is 7.30. The summed E-state index contributed by atoms with van der Waals surface area (Å²) in [5.74, 6) is -0.601. The van der Waals surface area contributed by atoms with E-state index in [2.05, 4.69) is 31.7 Å². The summed E-state index contributed by atoms with van der Waals surface area (Å²) >= 11 is 3.36. The quantitative estimate of drug-likeness (QED) is 0.774. The van der Waals surface area contributed by atoms with Crippen LogP contribution in [0.1, 0.15) is 17.3 Å². The zero-order valence-electron chi connectivity index (χ0n) is 11.4. The van der Waals surface area contributed by atoms with E-state index in [-0.39, 0.29) is 12.1 Å². The summed E-state index contributed by atoms with van der Waals surface area (Å²) in [5, 5.41) is 10.2. The van der Waals surface area contributed by atoms with Crippen molar-refractivity contribution in [3.05, 3.63) is 28.5 Å². The molecule has 8 heteroatoms. The van der Waals surface area contributed by atoms with Crippen molar-refractivity contribution in [3.8, 4) is 0 Å². The van der Waals surface area contributed by atoms with Crippen LogP contribution >= 0.6 is 15.9 Å². The van der Waals surface area contributed by atoms with Crippen molar-refractivity contribution < 1.29 is 9.18 Å². The van der Waals surface area contributed by atoms with E-state index in [0.29, 0.717) is 17.7 Å². The zero-order valence-corrected chi connectivity index (χ0v) is 12.9. The van der Waals surface area contributed by atoms with E-state index in [9.17, 15) is 9.18 Å². The van der Waals surface area contributed by atoms with E-state index in [0.717, 1.165) is 4.47 Å². The third-order valence-corrected chi connectivity index (χ3v) is 4.17. The second kappa shape index (κ2) is 4.96. The van der Waals surface area contributed by atoms with Gasteiger partial charge in [-0.1, -0.05) is 0 Å². The van der Waals surface area contributed by atoms with Crippen molar-refractivity contribution in [2.45, 2.75) is 18.6 Å². The minimum atomic E-state index is -1.40. The molecule has 0 spiro atoms. The maximum absolute atomic E-state index is 14.4. The standard InChI is InChI=1S/C13H15BrFN5O/c1-13(15)6-17-4-10(13)19-11-8(12(16)21)3-18-20-5-7(14)2-9(11)20/h2-3,5,10,17,19H,4,6H2,1H3,(H2,16,21)/t10-,13+/m1/s1. The third-order valence-electron chi connectivity index (χ3n) is 3.73. The molecule has 3 heterocycles. The lowest BCUT2D eigenvalue weighted by atomic mass is 10.0. The van der Waals surface area contributed by atoms with Crippen LogP contribution in [0.5, 0.6) is 0 Å². The Morgan fingerprint density at radius 3 is 3.10 bits per heavy atom. The smallest absolute Gasteiger partial charge is 0.252 e. The van der Waals surface area contributed by atoms with Crippen LogP contribution in [0.3, 0.4) is 0 Å². The van der Waals surface area contributed by atoms with Crippen molar-refractivity contribution in [3.63, 3.8) is 0 Å². The molecular weight excluding hydrogens is 341 g/mol. The van der Waals surface area contributed by atoms with Crippen LogP contribution in [-0.2, 0) is 0 Å². The van der Waals surface area contributed by atoms with Gasteiger partial charge >= 0.3 is 0 Å². The maximum atomic E-state index is 14.4. The molecule has 3 rings (SSSR count). The number of nitrogens with two attached hydrogens (primary N) is 1. The van der Waals surface area contributed by atoms with Crippen molar-refractivity contribution in [2.75, 3.05) is 18.4 Å². The number of fused-ring (bicyclic) bond motifs is 1. The highest BCUT2D eigenvalue weighted by Gasteiger charge is 2.39. The SMILES string of the molecule is C[C@]1(F)CNC[C@H]1Nc1c(C(N)=O)cnn2cc(Br)cc12. The van der Waals surface area contributed by atoms with Crippen molar-refractivity contribution in [1.29, 1.82) is 0 Å². The fraction of sp³-hybridized carbons (Fsp3) is 0.385. The number of primary amides is 1. The second-order valence-electron chi connectivity index (χ2n) is 5.39. The Morgan fingerprint density at radius 1 is 1.71 bits per heavy atom. The van der Waals surface area contributed by atoms with Crippen molar-refractivity contribution in [2.24, 2.45) is 5.73 Å². The van der Waals surface area contributed by atoms with Gasteiger partial charge in [-0.05, 0) is 28.9 Å². The van der Waals surface area contributed by atoms with Crippen LogP contribution in [0.2, 0.25) is 0 Å². The van der Waals surface area contributed by atoms with Gasteiger partial charge in [-0.15, -0.1) is 0 Å². The predicted octanol–water partition coefficient (Wildman–Crippen LogP) is 1.31. The molecule has 2 aromatic heterocycles. The summed E-state index contributed by atoms with van der Waals surface area (Å²) in [7, 11) is 0. The Labute approximate surface area is 129 Å². The first-order chi connectivity index (χ1) is 9.88. The molecule has 1 aliphatic rings. The van der Waals surface area contributed by atoms with Gasteiger partial charge in [0.15, 0.2) is 0 Å². The minimum Gasteiger partial charge on any atom is -0.375 e. The topological polar surface area (TPSA) is 84.5 Å². The highest BCUT2D eigenvalue weighted by atomic mass is 79.9. The zero-order chi connectivity index (χ0) is 15.2. The van der Waals surface area contributed by atoms with Crippen LogP contribution in [-0.4, -0.2) is 40.3 Å². The van der Waals surface area contributed by atoms with Crippen LogP contribution in [0.25, 0.3) is 5.52 Å². The Hall–Kier alpha value is -1.67. The van der Waals surface area contributed by atoms with E-state index in [1.807, 2.05) is 0 Å². The number of hydrogen-bond donors (Lipinski definition) is 3. The molecule has 0 unspecified atom stereocenters. The average molecular weight is 356 g/mol. The highest BCUT2D eigenvalue weighted by molar-refractivity contribution is 9.10. The molecule has 4 N–H and O–H groups in total. The van der Waals surface area contributed by atoms with E-state index in [1.165, 1.54) is 13.1 Å². The molecule has 0 aromatic carbocycles. The first-order valence-electron chi connectivity index (χ1n) is 6.51. The third kappa shape index (κ3) is 2.49. The number of anilines is 1. The average Bonchev–Trinajstić information content (AvgIpc) is 2.92. The molecular formula is C13H15BrFN5O. The number of nitrogens with one attached hydrogen (secondary N) is 2. The number of carbonyl (C=O) groups excluding carboxylic acids is 1. The number of hydrogen-bond acceptors (Lipinski definition) is 4. The summed E-state index contributed by atoms with van der Waals surface area (Å²) in [5.41, 5.74) is 5.42. The lowest BCUT2D eigenvalue weighted by molar-refractivity contribution is 0.1000. The number of halogens is 2. The molecule has 1 saturated heterocycles. The van der Waals surface area contributed by atoms with E-state index < -0.39 is 17.6 Å². The molecule has 2 aromatic rings. The van der Waals surface area contributed by atoms with E-state index in [1.54, 1.807) is 16.8 Å². The molecule has 21 heavy (non-hydrogen) atoms. The number of amides is 1. The fourth-order valence-electron chi connectivity index (χ4n) is 2.54. The van der Waals surface area contributed by atoms with Crippen molar-refractivity contribution in [1.82, 2.24) is 14.9 Å². The molecule has 6 nitrogen and oxygen atoms in total. The van der Waals surface area contributed by atoms with Crippen LogP contribution in [0.4, 0.5) is 10.1 Å². The molecule has 0 bridgehead atoms. The van der Waals surface area contributed by atoms with E-state index in [4.69, 9.17) is 5.73 Å². The monoisotopic (exact) mass is 355 g/mol. The minimum absolute atomic E-state index is 0.246. The van der Waals surface area contributed by atoms with Gasteiger partial charge in [0.1, 0.15) is 5.67 Å². The van der Waals surface area contributed by atoms with Gasteiger partial charge < -0.3 is 16.4 Å². The molecule has 0 radical (unpaired) electrons. The maximum Gasteiger partial charge on any atom is 0.252 e. The number of aromatic nitrogens is 2.